The smallest absolute Gasteiger partial charge is 0.291 e. The molecule has 2 aromatic rings. The lowest BCUT2D eigenvalue weighted by Crippen LogP contribution is -2.14. The zero-order chi connectivity index (χ0) is 14.7. The first-order valence-corrected chi connectivity index (χ1v) is 7.60. The fourth-order valence-corrected chi connectivity index (χ4v) is 2.68. The summed E-state index contributed by atoms with van der Waals surface area (Å²) in [6, 6.07) is 7.13. The van der Waals surface area contributed by atoms with E-state index in [-0.39, 0.29) is 11.7 Å². The molecule has 20 heavy (non-hydrogen) atoms. The molecule has 0 saturated heterocycles. The Morgan fingerprint density at radius 2 is 2.00 bits per heavy atom. The van der Waals surface area contributed by atoms with Crippen LogP contribution in [0.1, 0.15) is 35.5 Å². The number of halogens is 2. The Morgan fingerprint density at radius 1 is 1.25 bits per heavy atom. The van der Waals surface area contributed by atoms with Crippen LogP contribution >= 0.6 is 27.5 Å². The van der Waals surface area contributed by atoms with Gasteiger partial charge in [0.15, 0.2) is 10.4 Å². The van der Waals surface area contributed by atoms with Gasteiger partial charge in [-0.15, -0.1) is 0 Å². The van der Waals surface area contributed by atoms with Crippen molar-refractivity contribution in [3.63, 3.8) is 0 Å². The van der Waals surface area contributed by atoms with Gasteiger partial charge >= 0.3 is 0 Å². The van der Waals surface area contributed by atoms with Gasteiger partial charge in [0.05, 0.1) is 0 Å². The minimum atomic E-state index is -0.276. The monoisotopic (exact) mass is 355 g/mol. The Hall–Kier alpha value is -1.26. The molecule has 1 heterocycles. The number of carbonyl (C=O) groups is 1. The predicted octanol–water partition coefficient (Wildman–Crippen LogP) is 5.07. The Kier molecular flexibility index (Phi) is 4.89. The molecule has 0 radical (unpaired) electrons. The van der Waals surface area contributed by atoms with Crippen molar-refractivity contribution in [2.24, 2.45) is 0 Å². The molecular weight excluding hydrogens is 342 g/mol. The van der Waals surface area contributed by atoms with Crippen LogP contribution in [0.5, 0.6) is 0 Å². The van der Waals surface area contributed by atoms with Crippen molar-refractivity contribution >= 4 is 39.1 Å². The molecule has 0 spiro atoms. The maximum absolute atomic E-state index is 12.2. The first-order chi connectivity index (χ1) is 9.56. The van der Waals surface area contributed by atoms with Crippen LogP contribution in [-0.4, -0.2) is 5.91 Å². The summed E-state index contributed by atoms with van der Waals surface area (Å²) in [5.41, 5.74) is 2.80. The third-order valence-electron chi connectivity index (χ3n) is 3.11. The third-order valence-corrected chi connectivity index (χ3v) is 3.89. The van der Waals surface area contributed by atoms with E-state index in [4.69, 9.17) is 16.0 Å². The highest BCUT2D eigenvalue weighted by Gasteiger charge is 2.16. The number of rotatable bonds is 4. The fourth-order valence-electron chi connectivity index (χ4n) is 2.08. The Morgan fingerprint density at radius 3 is 2.55 bits per heavy atom. The van der Waals surface area contributed by atoms with Crippen LogP contribution < -0.4 is 5.32 Å². The predicted molar refractivity (Wildman–Crippen MR) is 84.6 cm³/mol. The van der Waals surface area contributed by atoms with Crippen molar-refractivity contribution in [2.75, 3.05) is 5.32 Å². The lowest BCUT2D eigenvalue weighted by atomic mass is 10.0. The summed E-state index contributed by atoms with van der Waals surface area (Å²) in [5, 5.41) is 3.58. The summed E-state index contributed by atoms with van der Waals surface area (Å²) in [6.45, 7) is 4.06. The molecule has 0 aliphatic rings. The second kappa shape index (κ2) is 6.46. The Balaban J connectivity index is 2.37. The lowest BCUT2D eigenvalue weighted by molar-refractivity contribution is 0.0995. The van der Waals surface area contributed by atoms with E-state index in [1.165, 1.54) is 0 Å². The normalized spacial score (nSPS) is 10.6. The van der Waals surface area contributed by atoms with Gasteiger partial charge in [0, 0.05) is 10.7 Å². The first-order valence-electron chi connectivity index (χ1n) is 6.43. The highest BCUT2D eigenvalue weighted by molar-refractivity contribution is 9.10. The molecule has 106 valence electrons. The van der Waals surface area contributed by atoms with Crippen molar-refractivity contribution < 1.29 is 9.21 Å². The molecule has 1 amide bonds. The maximum Gasteiger partial charge on any atom is 0.291 e. The fraction of sp³-hybridized carbons (Fsp3) is 0.267. The molecule has 0 fully saturated rings. The zero-order valence-electron chi connectivity index (χ0n) is 11.3. The Bertz CT molecular complexity index is 637. The van der Waals surface area contributed by atoms with E-state index in [2.05, 4.69) is 21.2 Å². The quantitative estimate of drug-likeness (QED) is 0.830. The minimum Gasteiger partial charge on any atom is -0.444 e. The summed E-state index contributed by atoms with van der Waals surface area (Å²) < 4.78 is 5.79. The zero-order valence-corrected chi connectivity index (χ0v) is 13.6. The second-order valence-corrected chi connectivity index (χ2v) is 5.51. The summed E-state index contributed by atoms with van der Waals surface area (Å²) in [6.07, 6.45) is 1.58. The number of anilines is 1. The van der Waals surface area contributed by atoms with Crippen molar-refractivity contribution in [1.29, 1.82) is 0 Å². The van der Waals surface area contributed by atoms with Crippen LogP contribution in [0.3, 0.4) is 0 Å². The molecule has 0 bridgehead atoms. The summed E-state index contributed by atoms with van der Waals surface area (Å²) in [4.78, 5) is 12.2. The van der Waals surface area contributed by atoms with E-state index < -0.39 is 0 Å². The molecule has 5 heteroatoms. The van der Waals surface area contributed by atoms with E-state index in [9.17, 15) is 4.79 Å². The molecule has 1 aromatic heterocycles. The van der Waals surface area contributed by atoms with Crippen molar-refractivity contribution in [3.05, 3.63) is 50.8 Å². The second-order valence-electron chi connectivity index (χ2n) is 4.33. The van der Waals surface area contributed by atoms with Gasteiger partial charge in [-0.1, -0.05) is 31.5 Å². The molecule has 0 atom stereocenters. The van der Waals surface area contributed by atoms with Crippen LogP contribution in [0.4, 0.5) is 5.69 Å². The molecule has 0 aliphatic carbocycles. The van der Waals surface area contributed by atoms with Gasteiger partial charge in [-0.3, -0.25) is 4.79 Å². The summed E-state index contributed by atoms with van der Waals surface area (Å²) >= 11 is 9.40. The van der Waals surface area contributed by atoms with Gasteiger partial charge in [0.1, 0.15) is 0 Å². The largest absolute Gasteiger partial charge is 0.444 e. The third kappa shape index (κ3) is 3.07. The number of amides is 1. The van der Waals surface area contributed by atoms with E-state index in [0.717, 1.165) is 29.7 Å². The highest BCUT2D eigenvalue weighted by atomic mass is 79.9. The van der Waals surface area contributed by atoms with Gasteiger partial charge in [-0.2, -0.15) is 0 Å². The van der Waals surface area contributed by atoms with Crippen molar-refractivity contribution in [2.45, 2.75) is 26.7 Å². The number of carbonyl (C=O) groups excluding carboxylic acids is 1. The van der Waals surface area contributed by atoms with E-state index in [0.29, 0.717) is 9.69 Å². The number of hydrogen-bond donors (Lipinski definition) is 1. The maximum atomic E-state index is 12.2. The lowest BCUT2D eigenvalue weighted by Gasteiger charge is -2.15. The topological polar surface area (TPSA) is 42.2 Å². The van der Waals surface area contributed by atoms with E-state index >= 15 is 0 Å². The van der Waals surface area contributed by atoms with Crippen molar-refractivity contribution in [1.82, 2.24) is 0 Å². The molecule has 0 unspecified atom stereocenters. The molecule has 1 aromatic carbocycles. The number of nitrogens with one attached hydrogen (secondary N) is 1. The molecule has 3 nitrogen and oxygen atoms in total. The van der Waals surface area contributed by atoms with Crippen LogP contribution in [-0.2, 0) is 12.8 Å². The van der Waals surface area contributed by atoms with Crippen molar-refractivity contribution in [3.8, 4) is 0 Å². The number of aryl methyl sites for hydroxylation is 1. The molecule has 0 saturated carbocycles. The summed E-state index contributed by atoms with van der Waals surface area (Å²) in [5.74, 6) is -0.0108. The summed E-state index contributed by atoms with van der Waals surface area (Å²) in [7, 11) is 0. The average Bonchev–Trinajstić information content (AvgIpc) is 2.86. The van der Waals surface area contributed by atoms with Crippen LogP contribution in [0, 0.1) is 0 Å². The Labute approximate surface area is 131 Å². The SMILES string of the molecule is CCc1ccc(Cl)c(CC)c1NC(=O)c1ccc(Br)o1. The van der Waals surface area contributed by atoms with Crippen LogP contribution in [0.15, 0.2) is 33.4 Å². The van der Waals surface area contributed by atoms with Gasteiger partial charge in [0.25, 0.3) is 5.91 Å². The molecule has 2 rings (SSSR count). The average molecular weight is 357 g/mol. The molecule has 0 aliphatic heterocycles. The van der Waals surface area contributed by atoms with Gasteiger partial charge in [-0.25, -0.2) is 0 Å². The highest BCUT2D eigenvalue weighted by Crippen LogP contribution is 2.30. The minimum absolute atomic E-state index is 0.265. The first kappa shape index (κ1) is 15.1. The molecular formula is C15H15BrClNO2. The van der Waals surface area contributed by atoms with Gasteiger partial charge in [0.2, 0.25) is 0 Å². The number of furan rings is 1. The van der Waals surface area contributed by atoms with Gasteiger partial charge in [-0.05, 0) is 58.1 Å². The van der Waals surface area contributed by atoms with E-state index in [1.807, 2.05) is 26.0 Å². The van der Waals surface area contributed by atoms with Gasteiger partial charge < -0.3 is 9.73 Å². The standard InChI is InChI=1S/C15H15BrClNO2/c1-3-9-5-6-11(17)10(4-2)14(9)18-15(19)12-7-8-13(16)20-12/h5-8H,3-4H2,1-2H3,(H,18,19). The van der Waals surface area contributed by atoms with E-state index in [1.54, 1.807) is 12.1 Å². The van der Waals surface area contributed by atoms with Crippen LogP contribution in [0.2, 0.25) is 5.02 Å². The molecule has 1 N–H and O–H groups in total. The number of hydrogen-bond acceptors (Lipinski definition) is 2. The number of benzene rings is 1. The van der Waals surface area contributed by atoms with Crippen LogP contribution in [0.25, 0.3) is 0 Å².